The molecule has 4 heterocycles. The van der Waals surface area contributed by atoms with Crippen molar-refractivity contribution in [1.82, 2.24) is 15.3 Å². The van der Waals surface area contributed by atoms with Gasteiger partial charge in [-0.05, 0) is 37.5 Å². The molecule has 2 aliphatic heterocycles. The van der Waals surface area contributed by atoms with Crippen LogP contribution in [0.2, 0.25) is 0 Å². The Bertz CT molecular complexity index is 1060. The average molecular weight is 449 g/mol. The molecule has 0 aromatic carbocycles. The molecular weight excluding hydrogens is 420 g/mol. The minimum atomic E-state index is -0.353. The number of hydrogen-bond donors (Lipinski definition) is 2. The Labute approximate surface area is 193 Å². The average Bonchev–Trinajstić information content (AvgIpc) is 3.19. The van der Waals surface area contributed by atoms with E-state index in [4.69, 9.17) is 14.2 Å². The lowest BCUT2D eigenvalue weighted by Crippen LogP contribution is -2.28. The number of pyridine rings is 2. The highest BCUT2D eigenvalue weighted by Gasteiger charge is 2.34. The van der Waals surface area contributed by atoms with E-state index < -0.39 is 0 Å². The lowest BCUT2D eigenvalue weighted by atomic mass is 9.94. The normalized spacial score (nSPS) is 21.6. The topological polar surface area (TPSA) is 94.6 Å². The number of carbonyl (C=O) groups excluding carboxylic acids is 1. The fourth-order valence-corrected chi connectivity index (χ4v) is 4.41. The lowest BCUT2D eigenvalue weighted by Gasteiger charge is -2.22. The van der Waals surface area contributed by atoms with E-state index in [0.29, 0.717) is 31.3 Å². The second-order valence-electron chi connectivity index (χ2n) is 8.23. The Balaban J connectivity index is 1.24. The van der Waals surface area contributed by atoms with Gasteiger partial charge < -0.3 is 24.8 Å². The second-order valence-corrected chi connectivity index (χ2v) is 8.23. The van der Waals surface area contributed by atoms with Crippen LogP contribution in [0.15, 0.2) is 48.4 Å². The monoisotopic (exact) mass is 448 g/mol. The number of aromatic nitrogens is 2. The maximum Gasteiger partial charge on any atom is 0.237 e. The van der Waals surface area contributed by atoms with Gasteiger partial charge in [-0.25, -0.2) is 4.98 Å². The van der Waals surface area contributed by atoms with Crippen molar-refractivity contribution in [3.8, 4) is 5.88 Å². The van der Waals surface area contributed by atoms with Crippen LogP contribution < -0.4 is 15.4 Å². The van der Waals surface area contributed by atoms with Crippen LogP contribution in [0.3, 0.4) is 0 Å². The Morgan fingerprint density at radius 2 is 2.09 bits per heavy atom. The molecule has 0 spiro atoms. The molecule has 2 atom stereocenters. The van der Waals surface area contributed by atoms with E-state index in [0.717, 1.165) is 54.8 Å². The molecule has 2 aromatic heterocycles. The summed E-state index contributed by atoms with van der Waals surface area (Å²) in [5.74, 6) is -0.0932. The number of fused-ring (bicyclic) bond motifs is 2. The number of allylic oxidation sites excluding steroid dienone is 1. The third-order valence-corrected chi connectivity index (χ3v) is 6.02. The summed E-state index contributed by atoms with van der Waals surface area (Å²) < 4.78 is 17.1. The van der Waals surface area contributed by atoms with Gasteiger partial charge in [0.2, 0.25) is 11.8 Å². The van der Waals surface area contributed by atoms with Gasteiger partial charge in [-0.15, -0.1) is 0 Å². The number of anilines is 1. The van der Waals surface area contributed by atoms with Crippen LogP contribution in [0, 0.1) is 5.92 Å². The number of carbonyl (C=O) groups is 1. The first kappa shape index (κ1) is 21.6. The predicted octanol–water partition coefficient (Wildman–Crippen LogP) is 3.38. The summed E-state index contributed by atoms with van der Waals surface area (Å²) in [6, 6.07) is 7.51. The van der Waals surface area contributed by atoms with Gasteiger partial charge in [-0.2, -0.15) is 0 Å². The van der Waals surface area contributed by atoms with Crippen LogP contribution in [-0.4, -0.2) is 48.5 Å². The van der Waals surface area contributed by atoms with Gasteiger partial charge in [-0.3, -0.25) is 9.78 Å². The highest BCUT2D eigenvalue weighted by molar-refractivity contribution is 6.03. The van der Waals surface area contributed by atoms with E-state index in [1.165, 1.54) is 0 Å². The highest BCUT2D eigenvalue weighted by Crippen LogP contribution is 2.36. The summed E-state index contributed by atoms with van der Waals surface area (Å²) in [6.07, 6.45) is 11.3. The quantitative estimate of drug-likeness (QED) is 0.627. The van der Waals surface area contributed by atoms with Gasteiger partial charge in [-0.1, -0.05) is 18.2 Å². The molecule has 2 unspecified atom stereocenters. The molecule has 172 valence electrons. The summed E-state index contributed by atoms with van der Waals surface area (Å²) in [4.78, 5) is 22.2. The molecule has 3 aliphatic rings. The van der Waals surface area contributed by atoms with Crippen LogP contribution in [0.1, 0.15) is 36.9 Å². The molecule has 0 saturated carbocycles. The van der Waals surface area contributed by atoms with E-state index in [9.17, 15) is 4.79 Å². The van der Waals surface area contributed by atoms with Crippen LogP contribution in [0.5, 0.6) is 5.88 Å². The van der Waals surface area contributed by atoms with E-state index in [2.05, 4.69) is 32.8 Å². The summed E-state index contributed by atoms with van der Waals surface area (Å²) in [6.45, 7) is 1.99. The minimum Gasteiger partial charge on any atom is -0.474 e. The van der Waals surface area contributed by atoms with E-state index in [-0.39, 0.29) is 18.1 Å². The number of nitrogens with zero attached hydrogens (tertiary/aromatic N) is 2. The number of ether oxygens (including phenoxy) is 3. The van der Waals surface area contributed by atoms with Crippen molar-refractivity contribution in [3.63, 3.8) is 0 Å². The molecular formula is C25H28N4O4. The van der Waals surface area contributed by atoms with Crippen molar-refractivity contribution >= 4 is 23.2 Å². The van der Waals surface area contributed by atoms with Crippen LogP contribution >= 0.6 is 0 Å². The third kappa shape index (κ3) is 4.91. The highest BCUT2D eigenvalue weighted by atomic mass is 16.7. The zero-order valence-corrected chi connectivity index (χ0v) is 18.5. The van der Waals surface area contributed by atoms with E-state index in [1.54, 1.807) is 24.5 Å². The third-order valence-electron chi connectivity index (χ3n) is 6.02. The molecule has 8 nitrogen and oxygen atoms in total. The van der Waals surface area contributed by atoms with Gasteiger partial charge in [0.25, 0.3) is 0 Å². The first-order valence-electron chi connectivity index (χ1n) is 11.5. The molecule has 2 aromatic rings. The first-order valence-corrected chi connectivity index (χ1v) is 11.5. The fourth-order valence-electron chi connectivity index (χ4n) is 4.41. The molecule has 5 rings (SSSR count). The van der Waals surface area contributed by atoms with Crippen molar-refractivity contribution in [2.24, 2.45) is 5.92 Å². The SMILES string of the molecule is O=C(Nc1cccnc1OCCOC1CCCCO1)C1CNC2=C1c1ncccc1C=CC2. The maximum absolute atomic E-state index is 13.3. The smallest absolute Gasteiger partial charge is 0.237 e. The predicted molar refractivity (Wildman–Crippen MR) is 124 cm³/mol. The number of amides is 1. The second kappa shape index (κ2) is 10.1. The Morgan fingerprint density at radius 3 is 3.00 bits per heavy atom. The molecule has 8 heteroatoms. The Morgan fingerprint density at radius 1 is 1.18 bits per heavy atom. The van der Waals surface area contributed by atoms with E-state index in [1.807, 2.05) is 12.1 Å². The molecule has 0 radical (unpaired) electrons. The van der Waals surface area contributed by atoms with Crippen molar-refractivity contribution in [1.29, 1.82) is 0 Å². The summed E-state index contributed by atoms with van der Waals surface area (Å²) in [7, 11) is 0. The van der Waals surface area contributed by atoms with Crippen molar-refractivity contribution < 1.29 is 19.0 Å². The van der Waals surface area contributed by atoms with Crippen LogP contribution in [0.25, 0.3) is 11.6 Å². The molecule has 33 heavy (non-hydrogen) atoms. The van der Waals surface area contributed by atoms with Gasteiger partial charge in [0.1, 0.15) is 12.3 Å². The minimum absolute atomic E-state index is 0.115. The van der Waals surface area contributed by atoms with Gasteiger partial charge >= 0.3 is 0 Å². The largest absolute Gasteiger partial charge is 0.474 e. The van der Waals surface area contributed by atoms with Gasteiger partial charge in [0.05, 0.1) is 18.2 Å². The summed E-state index contributed by atoms with van der Waals surface area (Å²) >= 11 is 0. The summed E-state index contributed by atoms with van der Waals surface area (Å²) in [5.41, 5.74) is 4.43. The zero-order chi connectivity index (χ0) is 22.5. The van der Waals surface area contributed by atoms with Crippen LogP contribution in [-0.2, 0) is 14.3 Å². The van der Waals surface area contributed by atoms with Crippen molar-refractivity contribution in [2.45, 2.75) is 32.0 Å². The number of rotatable bonds is 7. The van der Waals surface area contributed by atoms with Crippen LogP contribution in [0.4, 0.5) is 5.69 Å². The Hall–Kier alpha value is -3.23. The number of hydrogen-bond acceptors (Lipinski definition) is 7. The van der Waals surface area contributed by atoms with Gasteiger partial charge in [0.15, 0.2) is 6.29 Å². The maximum atomic E-state index is 13.3. The van der Waals surface area contributed by atoms with Gasteiger partial charge in [0, 0.05) is 48.8 Å². The molecule has 0 bridgehead atoms. The molecule has 2 N–H and O–H groups in total. The lowest BCUT2D eigenvalue weighted by molar-refractivity contribution is -0.165. The molecule has 1 saturated heterocycles. The van der Waals surface area contributed by atoms with Crippen molar-refractivity contribution in [2.75, 3.05) is 31.7 Å². The molecule has 1 aliphatic carbocycles. The van der Waals surface area contributed by atoms with Crippen molar-refractivity contribution in [3.05, 3.63) is 59.7 Å². The summed E-state index contributed by atoms with van der Waals surface area (Å²) in [5, 5.41) is 6.41. The molecule has 1 fully saturated rings. The zero-order valence-electron chi connectivity index (χ0n) is 18.5. The molecule has 1 amide bonds. The standard InChI is InChI=1S/C25H28N4O4/c30-24(18-16-28-19-8-3-6-17-7-4-11-26-23(17)22(18)19)29-20-9-5-12-27-25(20)33-15-14-32-21-10-1-2-13-31-21/h3-7,9,11-12,18,21,28H,1-2,8,10,13-16H2,(H,29,30). The first-order chi connectivity index (χ1) is 16.3. The number of nitrogens with one attached hydrogen (secondary N) is 2. The van der Waals surface area contributed by atoms with E-state index >= 15 is 0 Å². The fraction of sp³-hybridized carbons (Fsp3) is 0.400. The Kier molecular flexibility index (Phi) is 6.64.